The van der Waals surface area contributed by atoms with Gasteiger partial charge in [0.2, 0.25) is 0 Å². The Morgan fingerprint density at radius 3 is 2.15 bits per heavy atom. The zero-order chi connectivity index (χ0) is 14.3. The summed E-state index contributed by atoms with van der Waals surface area (Å²) in [7, 11) is 5.44. The fraction of sp³-hybridized carbons (Fsp3) is 0.188. The lowest BCUT2D eigenvalue weighted by Gasteiger charge is -2.12. The molecule has 0 aliphatic rings. The van der Waals surface area contributed by atoms with Gasteiger partial charge in [0.15, 0.2) is 0 Å². The van der Waals surface area contributed by atoms with Crippen LogP contribution in [0.4, 0.5) is 0 Å². The maximum absolute atomic E-state index is 3.71. The number of nitrogens with zero attached hydrogens (tertiary/aromatic N) is 2. The molecule has 3 aromatic rings. The maximum atomic E-state index is 3.71. The van der Waals surface area contributed by atoms with Crippen molar-refractivity contribution in [2.75, 3.05) is 0 Å². The topological polar surface area (TPSA) is 9.86 Å². The third-order valence-electron chi connectivity index (χ3n) is 3.60. The summed E-state index contributed by atoms with van der Waals surface area (Å²) < 4.78 is 5.52. The highest BCUT2D eigenvalue weighted by molar-refractivity contribution is 9.10. The van der Waals surface area contributed by atoms with Gasteiger partial charge in [-0.3, -0.25) is 0 Å². The number of hydrogen-bond donors (Lipinski definition) is 0. The van der Waals surface area contributed by atoms with Crippen LogP contribution in [0.15, 0.2) is 47.2 Å². The van der Waals surface area contributed by atoms with E-state index in [1.54, 1.807) is 0 Å². The average molecular weight is 347 g/mol. The van der Waals surface area contributed by atoms with E-state index in [4.69, 9.17) is 0 Å². The number of aromatic nitrogens is 2. The largest absolute Gasteiger partial charge is 0.350 e. The van der Waals surface area contributed by atoms with Crippen LogP contribution in [0.25, 0.3) is 22.0 Å². The Bertz CT molecular complexity index is 771. The molecule has 102 valence electrons. The first-order valence-corrected chi connectivity index (χ1v) is 8.17. The number of halogens is 1. The molecule has 20 heavy (non-hydrogen) atoms. The highest BCUT2D eigenvalue weighted by Crippen LogP contribution is 2.42. The van der Waals surface area contributed by atoms with E-state index in [9.17, 15) is 0 Å². The second-order valence-electron chi connectivity index (χ2n) is 4.97. The van der Waals surface area contributed by atoms with E-state index in [1.165, 1.54) is 40.2 Å². The van der Waals surface area contributed by atoms with E-state index in [0.717, 1.165) is 0 Å². The molecule has 0 saturated carbocycles. The van der Waals surface area contributed by atoms with Crippen LogP contribution in [0.3, 0.4) is 0 Å². The number of rotatable bonds is 2. The van der Waals surface area contributed by atoms with Crippen LogP contribution in [0.5, 0.6) is 0 Å². The van der Waals surface area contributed by atoms with Gasteiger partial charge in [-0.1, -0.05) is 24.1 Å². The molecule has 4 heteroatoms. The first-order valence-electron chi connectivity index (χ1n) is 6.48. The molecule has 3 rings (SSSR count). The molecule has 0 saturated heterocycles. The SMILES string of the molecule is Cc1c(Br)cc(-c2cccn2C)pc1-c1cccn1C. The van der Waals surface area contributed by atoms with Crippen molar-refractivity contribution in [3.05, 3.63) is 52.8 Å². The highest BCUT2D eigenvalue weighted by Gasteiger charge is 2.12. The summed E-state index contributed by atoms with van der Waals surface area (Å²) in [4.78, 5) is 0. The molecule has 0 amide bonds. The standard InChI is InChI=1S/C16H16BrN2P/c1-11-12(17)10-15(13-6-4-8-18(13)2)20-16(11)14-7-5-9-19(14)3/h4-10H,1-3H3. The lowest BCUT2D eigenvalue weighted by molar-refractivity contribution is 0.937. The maximum Gasteiger partial charge on any atom is 0.0527 e. The van der Waals surface area contributed by atoms with E-state index in [-0.39, 0.29) is 0 Å². The third-order valence-corrected chi connectivity index (χ3v) is 5.81. The van der Waals surface area contributed by atoms with E-state index in [0.29, 0.717) is 0 Å². The molecule has 3 heterocycles. The molecule has 0 unspecified atom stereocenters. The summed E-state index contributed by atoms with van der Waals surface area (Å²) in [6.07, 6.45) is 4.19. The van der Waals surface area contributed by atoms with Crippen LogP contribution >= 0.6 is 24.1 Å². The monoisotopic (exact) mass is 346 g/mol. The summed E-state index contributed by atoms with van der Waals surface area (Å²) in [5.41, 5.74) is 3.86. The van der Waals surface area contributed by atoms with Crippen LogP contribution in [-0.2, 0) is 14.1 Å². The van der Waals surface area contributed by atoms with Crippen molar-refractivity contribution in [1.29, 1.82) is 0 Å². The van der Waals surface area contributed by atoms with Crippen LogP contribution in [0, 0.1) is 6.92 Å². The fourth-order valence-corrected chi connectivity index (χ4v) is 4.57. The Hall–Kier alpha value is -1.31. The van der Waals surface area contributed by atoms with Gasteiger partial charge in [0.25, 0.3) is 0 Å². The summed E-state index contributed by atoms with van der Waals surface area (Å²) in [6, 6.07) is 10.8. The summed E-state index contributed by atoms with van der Waals surface area (Å²) in [5, 5.41) is 2.69. The average Bonchev–Trinajstić information content (AvgIpc) is 3.01. The molecule has 0 radical (unpaired) electrons. The molecule has 0 fully saturated rings. The van der Waals surface area contributed by atoms with Crippen molar-refractivity contribution in [3.63, 3.8) is 0 Å². The smallest absolute Gasteiger partial charge is 0.0527 e. The summed E-state index contributed by atoms with van der Waals surface area (Å²) in [6.45, 7) is 2.18. The van der Waals surface area contributed by atoms with Gasteiger partial charge in [-0.25, -0.2) is 0 Å². The van der Waals surface area contributed by atoms with E-state index in [2.05, 4.69) is 88.8 Å². The molecule has 0 aromatic carbocycles. The van der Waals surface area contributed by atoms with Crippen molar-refractivity contribution in [2.24, 2.45) is 14.1 Å². The molecule has 0 aliphatic heterocycles. The second-order valence-corrected chi connectivity index (χ2v) is 6.98. The van der Waals surface area contributed by atoms with Gasteiger partial charge in [-0.05, 0) is 42.8 Å². The molecule has 0 atom stereocenters. The molecular formula is C16H16BrN2P. The predicted molar refractivity (Wildman–Crippen MR) is 90.2 cm³/mol. The van der Waals surface area contributed by atoms with Crippen LogP contribution < -0.4 is 0 Å². The zero-order valence-corrected chi connectivity index (χ0v) is 14.2. The first-order chi connectivity index (χ1) is 9.58. The molecule has 2 nitrogen and oxygen atoms in total. The van der Waals surface area contributed by atoms with Gasteiger partial charge in [-0.2, -0.15) is 0 Å². The van der Waals surface area contributed by atoms with Gasteiger partial charge in [-0.15, -0.1) is 0 Å². The van der Waals surface area contributed by atoms with Crippen molar-refractivity contribution in [2.45, 2.75) is 6.92 Å². The zero-order valence-electron chi connectivity index (χ0n) is 11.8. The summed E-state index contributed by atoms with van der Waals surface area (Å²) >= 11 is 3.71. The quantitative estimate of drug-likeness (QED) is 0.592. The van der Waals surface area contributed by atoms with E-state index < -0.39 is 0 Å². The number of hydrogen-bond acceptors (Lipinski definition) is 0. The van der Waals surface area contributed by atoms with E-state index in [1.807, 2.05) is 0 Å². The molecule has 3 aromatic heterocycles. The van der Waals surface area contributed by atoms with Gasteiger partial charge >= 0.3 is 0 Å². The Kier molecular flexibility index (Phi) is 3.57. The minimum absolute atomic E-state index is 1.17. The van der Waals surface area contributed by atoms with Crippen molar-refractivity contribution in [1.82, 2.24) is 9.13 Å². The Labute approximate surface area is 129 Å². The summed E-state index contributed by atoms with van der Waals surface area (Å²) in [5.74, 6) is 0. The van der Waals surface area contributed by atoms with Crippen molar-refractivity contribution in [3.8, 4) is 22.0 Å². The molecular weight excluding hydrogens is 331 g/mol. The van der Waals surface area contributed by atoms with Crippen molar-refractivity contribution >= 4 is 24.1 Å². The van der Waals surface area contributed by atoms with E-state index >= 15 is 0 Å². The fourth-order valence-electron chi connectivity index (χ4n) is 2.39. The first kappa shape index (κ1) is 13.7. The molecule has 0 bridgehead atoms. The molecule has 0 N–H and O–H groups in total. The molecule has 0 aliphatic carbocycles. The Balaban J connectivity index is 2.24. The Morgan fingerprint density at radius 1 is 1.00 bits per heavy atom. The van der Waals surface area contributed by atoms with Crippen LogP contribution in [0.1, 0.15) is 5.56 Å². The van der Waals surface area contributed by atoms with Gasteiger partial charge < -0.3 is 9.13 Å². The second kappa shape index (κ2) is 5.23. The minimum Gasteiger partial charge on any atom is -0.350 e. The van der Waals surface area contributed by atoms with Gasteiger partial charge in [0.05, 0.1) is 11.4 Å². The van der Waals surface area contributed by atoms with Crippen molar-refractivity contribution < 1.29 is 0 Å². The lowest BCUT2D eigenvalue weighted by atomic mass is 10.2. The van der Waals surface area contributed by atoms with Gasteiger partial charge in [0.1, 0.15) is 0 Å². The van der Waals surface area contributed by atoms with Crippen LogP contribution in [0.2, 0.25) is 0 Å². The third kappa shape index (κ3) is 2.25. The Morgan fingerprint density at radius 2 is 1.60 bits per heavy atom. The van der Waals surface area contributed by atoms with Gasteiger partial charge in [0, 0.05) is 41.6 Å². The lowest BCUT2D eigenvalue weighted by Crippen LogP contribution is -1.92. The molecule has 0 spiro atoms. The number of aryl methyl sites for hydroxylation is 2. The van der Waals surface area contributed by atoms with Crippen LogP contribution in [-0.4, -0.2) is 9.13 Å². The normalized spacial score (nSPS) is 11.4. The minimum atomic E-state index is 1.17. The predicted octanol–water partition coefficient (Wildman–Crippen LogP) is 5.35. The highest BCUT2D eigenvalue weighted by atomic mass is 79.9.